The maximum Gasteiger partial charge on any atom is 0.325 e. The summed E-state index contributed by atoms with van der Waals surface area (Å²) in [6, 6.07) is 6.83. The number of amides is 2. The van der Waals surface area contributed by atoms with Crippen LogP contribution in [0.3, 0.4) is 0 Å². The highest BCUT2D eigenvalue weighted by Crippen LogP contribution is 2.20. The van der Waals surface area contributed by atoms with E-state index in [2.05, 4.69) is 10.4 Å². The number of carboxylic acid groups (broad SMARTS) is 1. The van der Waals surface area contributed by atoms with Crippen LogP contribution in [0.25, 0.3) is 0 Å². The van der Waals surface area contributed by atoms with Crippen molar-refractivity contribution in [3.05, 3.63) is 47.9 Å². The lowest BCUT2D eigenvalue weighted by molar-refractivity contribution is -0.137. The number of halogens is 1. The molecule has 0 bridgehead atoms. The molecular weight excluding hydrogens is 355 g/mol. The van der Waals surface area contributed by atoms with Crippen LogP contribution in [-0.2, 0) is 16.1 Å². The van der Waals surface area contributed by atoms with Crippen molar-refractivity contribution in [2.45, 2.75) is 19.4 Å². The predicted octanol–water partition coefficient (Wildman–Crippen LogP) is 1.60. The number of piperidine rings is 1. The van der Waals surface area contributed by atoms with Gasteiger partial charge in [0, 0.05) is 30.9 Å². The van der Waals surface area contributed by atoms with E-state index in [9.17, 15) is 18.8 Å². The SMILES string of the molecule is O=C(O)Cn1ccc(NC(=O)C2CCCN(C(=O)c3ccc(F)cc3)C2)n1. The number of likely N-dealkylation sites (tertiary alicyclic amines) is 1. The molecule has 0 aliphatic carbocycles. The summed E-state index contributed by atoms with van der Waals surface area (Å²) in [7, 11) is 0. The van der Waals surface area contributed by atoms with Gasteiger partial charge in [0.15, 0.2) is 5.82 Å². The van der Waals surface area contributed by atoms with Gasteiger partial charge >= 0.3 is 5.97 Å². The van der Waals surface area contributed by atoms with Gasteiger partial charge < -0.3 is 15.3 Å². The number of aromatic nitrogens is 2. The number of hydrogen-bond acceptors (Lipinski definition) is 4. The highest BCUT2D eigenvalue weighted by Gasteiger charge is 2.29. The smallest absolute Gasteiger partial charge is 0.325 e. The van der Waals surface area contributed by atoms with Crippen LogP contribution in [0.5, 0.6) is 0 Å². The molecular formula is C18H19FN4O4. The summed E-state index contributed by atoms with van der Waals surface area (Å²) in [4.78, 5) is 37.3. The van der Waals surface area contributed by atoms with Gasteiger partial charge in [0.1, 0.15) is 12.4 Å². The molecule has 9 heteroatoms. The second-order valence-corrected chi connectivity index (χ2v) is 6.38. The number of anilines is 1. The molecule has 1 aromatic carbocycles. The van der Waals surface area contributed by atoms with Gasteiger partial charge in [0.25, 0.3) is 5.91 Å². The van der Waals surface area contributed by atoms with E-state index in [4.69, 9.17) is 5.11 Å². The highest BCUT2D eigenvalue weighted by molar-refractivity contribution is 5.96. The van der Waals surface area contributed by atoms with Crippen molar-refractivity contribution in [2.75, 3.05) is 18.4 Å². The molecule has 27 heavy (non-hydrogen) atoms. The van der Waals surface area contributed by atoms with Crippen molar-refractivity contribution in [3.63, 3.8) is 0 Å². The van der Waals surface area contributed by atoms with E-state index in [0.717, 1.165) is 0 Å². The molecule has 0 spiro atoms. The lowest BCUT2D eigenvalue weighted by atomic mass is 9.96. The Balaban J connectivity index is 1.60. The number of carbonyl (C=O) groups is 3. The van der Waals surface area contributed by atoms with Gasteiger partial charge in [0.2, 0.25) is 5.91 Å². The minimum Gasteiger partial charge on any atom is -0.480 e. The molecule has 1 aliphatic heterocycles. The van der Waals surface area contributed by atoms with Crippen molar-refractivity contribution < 1.29 is 23.9 Å². The fourth-order valence-electron chi connectivity index (χ4n) is 3.03. The number of benzene rings is 1. The van der Waals surface area contributed by atoms with Gasteiger partial charge in [-0.1, -0.05) is 0 Å². The molecule has 2 heterocycles. The van der Waals surface area contributed by atoms with E-state index in [1.54, 1.807) is 4.90 Å². The summed E-state index contributed by atoms with van der Waals surface area (Å²) in [6.45, 7) is 0.504. The second kappa shape index (κ2) is 7.98. The Kier molecular flexibility index (Phi) is 5.49. The molecule has 2 N–H and O–H groups in total. The zero-order valence-electron chi connectivity index (χ0n) is 14.5. The Morgan fingerprint density at radius 2 is 1.96 bits per heavy atom. The van der Waals surface area contributed by atoms with Crippen LogP contribution in [0.4, 0.5) is 10.2 Å². The summed E-state index contributed by atoms with van der Waals surface area (Å²) < 4.78 is 14.2. The van der Waals surface area contributed by atoms with Crippen LogP contribution in [-0.4, -0.2) is 50.7 Å². The Labute approximate surface area is 154 Å². The van der Waals surface area contributed by atoms with Crippen molar-refractivity contribution in [1.82, 2.24) is 14.7 Å². The molecule has 8 nitrogen and oxygen atoms in total. The van der Waals surface area contributed by atoms with E-state index in [1.807, 2.05) is 0 Å². The van der Waals surface area contributed by atoms with Crippen LogP contribution in [0.15, 0.2) is 36.5 Å². The Morgan fingerprint density at radius 3 is 2.67 bits per heavy atom. The molecule has 1 atom stereocenters. The monoisotopic (exact) mass is 374 g/mol. The third-order valence-electron chi connectivity index (χ3n) is 4.36. The molecule has 3 rings (SSSR count). The van der Waals surface area contributed by atoms with Gasteiger partial charge in [-0.05, 0) is 37.1 Å². The van der Waals surface area contributed by atoms with Crippen LogP contribution >= 0.6 is 0 Å². The number of nitrogens with one attached hydrogen (secondary N) is 1. The fraction of sp³-hybridized carbons (Fsp3) is 0.333. The van der Waals surface area contributed by atoms with E-state index in [0.29, 0.717) is 24.9 Å². The van der Waals surface area contributed by atoms with Gasteiger partial charge in [-0.2, -0.15) is 5.10 Å². The summed E-state index contributed by atoms with van der Waals surface area (Å²) in [6.07, 6.45) is 2.78. The normalized spacial score (nSPS) is 16.8. The second-order valence-electron chi connectivity index (χ2n) is 6.38. The van der Waals surface area contributed by atoms with E-state index in [-0.39, 0.29) is 30.7 Å². The first-order valence-corrected chi connectivity index (χ1v) is 8.53. The first-order valence-electron chi connectivity index (χ1n) is 8.53. The molecule has 1 unspecified atom stereocenters. The molecule has 142 valence electrons. The molecule has 0 radical (unpaired) electrons. The number of carbonyl (C=O) groups excluding carboxylic acids is 2. The number of nitrogens with zero attached hydrogens (tertiary/aromatic N) is 3. The maximum atomic E-state index is 13.0. The number of rotatable bonds is 5. The average Bonchev–Trinajstić information content (AvgIpc) is 3.08. The lowest BCUT2D eigenvalue weighted by Crippen LogP contribution is -2.43. The van der Waals surface area contributed by atoms with Gasteiger partial charge in [-0.25, -0.2) is 4.39 Å². The largest absolute Gasteiger partial charge is 0.480 e. The van der Waals surface area contributed by atoms with Crippen molar-refractivity contribution in [1.29, 1.82) is 0 Å². The minimum atomic E-state index is -1.03. The van der Waals surface area contributed by atoms with Gasteiger partial charge in [0.05, 0.1) is 5.92 Å². The van der Waals surface area contributed by atoms with E-state index >= 15 is 0 Å². The predicted molar refractivity (Wildman–Crippen MR) is 93.5 cm³/mol. The first kappa shape index (κ1) is 18.6. The van der Waals surface area contributed by atoms with Crippen molar-refractivity contribution in [3.8, 4) is 0 Å². The first-order chi connectivity index (χ1) is 12.9. The van der Waals surface area contributed by atoms with Gasteiger partial charge in [-0.3, -0.25) is 19.1 Å². The van der Waals surface area contributed by atoms with Crippen LogP contribution in [0, 0.1) is 11.7 Å². The fourth-order valence-corrected chi connectivity index (χ4v) is 3.03. The Hall–Kier alpha value is -3.23. The molecule has 1 saturated heterocycles. The summed E-state index contributed by atoms with van der Waals surface area (Å²) >= 11 is 0. The topological polar surface area (TPSA) is 105 Å². The lowest BCUT2D eigenvalue weighted by Gasteiger charge is -2.32. The zero-order chi connectivity index (χ0) is 19.4. The molecule has 1 aromatic heterocycles. The van der Waals surface area contributed by atoms with E-state index < -0.39 is 17.7 Å². The number of carboxylic acids is 1. The van der Waals surface area contributed by atoms with Crippen LogP contribution in [0.2, 0.25) is 0 Å². The third-order valence-corrected chi connectivity index (χ3v) is 4.36. The quantitative estimate of drug-likeness (QED) is 0.827. The van der Waals surface area contributed by atoms with Crippen molar-refractivity contribution >= 4 is 23.6 Å². The minimum absolute atomic E-state index is 0.238. The zero-order valence-corrected chi connectivity index (χ0v) is 14.5. The standard InChI is InChI=1S/C18H19FN4O4/c19-14-5-3-12(4-6-14)18(27)22-8-1-2-13(10-22)17(26)20-15-7-9-23(21-15)11-16(24)25/h3-7,9,13H,1-2,8,10-11H2,(H,24,25)(H,20,21,26). The summed E-state index contributed by atoms with van der Waals surface area (Å²) in [5.41, 5.74) is 0.380. The van der Waals surface area contributed by atoms with Gasteiger partial charge in [-0.15, -0.1) is 0 Å². The molecule has 1 aliphatic rings. The average molecular weight is 374 g/mol. The molecule has 2 amide bonds. The van der Waals surface area contributed by atoms with Crippen molar-refractivity contribution in [2.24, 2.45) is 5.92 Å². The summed E-state index contributed by atoms with van der Waals surface area (Å²) in [5, 5.41) is 15.4. The maximum absolute atomic E-state index is 13.0. The number of hydrogen-bond donors (Lipinski definition) is 2. The third kappa shape index (κ3) is 4.69. The van der Waals surface area contributed by atoms with Crippen LogP contribution in [0.1, 0.15) is 23.2 Å². The highest BCUT2D eigenvalue weighted by atomic mass is 19.1. The molecule has 2 aromatic rings. The Bertz CT molecular complexity index is 849. The number of aliphatic carboxylic acids is 1. The Morgan fingerprint density at radius 1 is 1.22 bits per heavy atom. The molecule has 0 saturated carbocycles. The summed E-state index contributed by atoms with van der Waals surface area (Å²) in [5.74, 6) is -2.08. The molecule has 1 fully saturated rings. The van der Waals surface area contributed by atoms with Crippen LogP contribution < -0.4 is 5.32 Å². The van der Waals surface area contributed by atoms with E-state index in [1.165, 1.54) is 41.2 Å².